The van der Waals surface area contributed by atoms with Gasteiger partial charge in [-0.2, -0.15) is 0 Å². The lowest BCUT2D eigenvalue weighted by Gasteiger charge is -2.33. The Labute approximate surface area is 124 Å². The summed E-state index contributed by atoms with van der Waals surface area (Å²) < 4.78 is 15.7. The molecule has 0 aromatic heterocycles. The predicted octanol–water partition coefficient (Wildman–Crippen LogP) is 2.42. The van der Waals surface area contributed by atoms with Crippen LogP contribution in [0.4, 0.5) is 0 Å². The SMILES string of the molecule is CC(=O)OC[C@H]1OC=C[C@@H](CCCCCl)[C@@H]1OC(C)=O. The largest absolute Gasteiger partial charge is 0.491 e. The molecule has 20 heavy (non-hydrogen) atoms. The highest BCUT2D eigenvalue weighted by molar-refractivity contribution is 6.17. The molecule has 0 fully saturated rings. The van der Waals surface area contributed by atoms with Crippen molar-refractivity contribution in [2.45, 2.75) is 45.3 Å². The van der Waals surface area contributed by atoms with E-state index in [-0.39, 0.29) is 24.5 Å². The first-order valence-electron chi connectivity index (χ1n) is 6.73. The number of ether oxygens (including phenoxy) is 3. The Hall–Kier alpha value is -1.23. The lowest BCUT2D eigenvalue weighted by molar-refractivity contribution is -0.164. The maximum absolute atomic E-state index is 11.2. The minimum atomic E-state index is -0.464. The Morgan fingerprint density at radius 1 is 1.25 bits per heavy atom. The third-order valence-electron chi connectivity index (χ3n) is 3.04. The quantitative estimate of drug-likeness (QED) is 0.411. The van der Waals surface area contributed by atoms with Crippen LogP contribution in [0.1, 0.15) is 33.1 Å². The fourth-order valence-electron chi connectivity index (χ4n) is 2.13. The smallest absolute Gasteiger partial charge is 0.303 e. The normalized spacial score (nSPS) is 24.9. The molecule has 1 rings (SSSR count). The van der Waals surface area contributed by atoms with Crippen LogP contribution in [0.2, 0.25) is 0 Å². The number of rotatable bonds is 7. The van der Waals surface area contributed by atoms with E-state index in [9.17, 15) is 9.59 Å². The number of carbonyl (C=O) groups excluding carboxylic acids is 2. The van der Waals surface area contributed by atoms with Gasteiger partial charge in [0.15, 0.2) is 6.10 Å². The van der Waals surface area contributed by atoms with E-state index in [1.54, 1.807) is 6.26 Å². The standard InChI is InChI=1S/C14H21ClO5/c1-10(16)19-9-13-14(20-11(2)17)12(6-8-18-13)5-3-4-7-15/h6,8,12-14H,3-5,7,9H2,1-2H3/t12-,13-,14+/m1/s1. The van der Waals surface area contributed by atoms with E-state index >= 15 is 0 Å². The molecule has 0 radical (unpaired) electrons. The zero-order valence-electron chi connectivity index (χ0n) is 11.8. The second-order valence-electron chi connectivity index (χ2n) is 4.73. The van der Waals surface area contributed by atoms with Crippen molar-refractivity contribution in [1.82, 2.24) is 0 Å². The number of halogens is 1. The number of carbonyl (C=O) groups is 2. The van der Waals surface area contributed by atoms with Crippen LogP contribution < -0.4 is 0 Å². The van der Waals surface area contributed by atoms with Crippen molar-refractivity contribution in [1.29, 1.82) is 0 Å². The van der Waals surface area contributed by atoms with Crippen molar-refractivity contribution >= 4 is 23.5 Å². The van der Waals surface area contributed by atoms with Crippen molar-refractivity contribution < 1.29 is 23.8 Å². The van der Waals surface area contributed by atoms with Gasteiger partial charge in [-0.3, -0.25) is 9.59 Å². The summed E-state index contributed by atoms with van der Waals surface area (Å²) in [5, 5.41) is 0. The van der Waals surface area contributed by atoms with E-state index in [4.69, 9.17) is 25.8 Å². The molecule has 5 nitrogen and oxygen atoms in total. The molecule has 1 heterocycles. The lowest BCUT2D eigenvalue weighted by atomic mass is 9.91. The van der Waals surface area contributed by atoms with Gasteiger partial charge in [0.1, 0.15) is 12.7 Å². The Kier molecular flexibility index (Phi) is 7.44. The lowest BCUT2D eigenvalue weighted by Crippen LogP contribution is -2.43. The highest BCUT2D eigenvalue weighted by atomic mass is 35.5. The molecule has 0 bridgehead atoms. The zero-order valence-corrected chi connectivity index (χ0v) is 12.6. The van der Waals surface area contributed by atoms with Crippen LogP contribution in [0.5, 0.6) is 0 Å². The van der Waals surface area contributed by atoms with Crippen molar-refractivity contribution in [3.8, 4) is 0 Å². The van der Waals surface area contributed by atoms with Gasteiger partial charge in [0.25, 0.3) is 0 Å². The summed E-state index contributed by atoms with van der Waals surface area (Å²) in [4.78, 5) is 22.1. The Bertz CT molecular complexity index is 355. The topological polar surface area (TPSA) is 61.8 Å². The van der Waals surface area contributed by atoms with Crippen molar-refractivity contribution in [2.24, 2.45) is 5.92 Å². The van der Waals surface area contributed by atoms with Gasteiger partial charge >= 0.3 is 11.9 Å². The van der Waals surface area contributed by atoms with E-state index in [2.05, 4.69) is 0 Å². The monoisotopic (exact) mass is 304 g/mol. The summed E-state index contributed by atoms with van der Waals surface area (Å²) in [7, 11) is 0. The summed E-state index contributed by atoms with van der Waals surface area (Å²) in [6.45, 7) is 2.76. The molecule has 3 atom stereocenters. The van der Waals surface area contributed by atoms with E-state index in [1.807, 2.05) is 6.08 Å². The van der Waals surface area contributed by atoms with Gasteiger partial charge in [0.2, 0.25) is 0 Å². The summed E-state index contributed by atoms with van der Waals surface area (Å²) in [6.07, 6.45) is 5.26. The van der Waals surface area contributed by atoms with Crippen LogP contribution in [-0.2, 0) is 23.8 Å². The molecule has 114 valence electrons. The summed E-state index contributed by atoms with van der Waals surface area (Å²) in [6, 6.07) is 0. The molecule has 0 unspecified atom stereocenters. The van der Waals surface area contributed by atoms with Crippen molar-refractivity contribution in [2.75, 3.05) is 12.5 Å². The molecular formula is C14H21ClO5. The van der Waals surface area contributed by atoms with Crippen LogP contribution in [0, 0.1) is 5.92 Å². The molecule has 6 heteroatoms. The fourth-order valence-corrected chi connectivity index (χ4v) is 2.32. The second kappa shape index (κ2) is 8.84. The van der Waals surface area contributed by atoms with Gasteiger partial charge in [-0.15, -0.1) is 11.6 Å². The number of hydrogen-bond donors (Lipinski definition) is 0. The summed E-state index contributed by atoms with van der Waals surface area (Å²) in [5.41, 5.74) is 0. The Morgan fingerprint density at radius 2 is 2.00 bits per heavy atom. The third kappa shape index (κ3) is 5.82. The van der Waals surface area contributed by atoms with Gasteiger partial charge in [0.05, 0.1) is 6.26 Å². The number of alkyl halides is 1. The molecule has 0 amide bonds. The van der Waals surface area contributed by atoms with Gasteiger partial charge in [-0.1, -0.05) is 6.42 Å². The second-order valence-corrected chi connectivity index (χ2v) is 5.11. The Morgan fingerprint density at radius 3 is 2.60 bits per heavy atom. The van der Waals surface area contributed by atoms with Gasteiger partial charge < -0.3 is 14.2 Å². The minimum absolute atomic E-state index is 0.0522. The first-order chi connectivity index (χ1) is 9.54. The number of unbranched alkanes of at least 4 members (excludes halogenated alkanes) is 1. The molecule has 1 aliphatic heterocycles. The average molecular weight is 305 g/mol. The van der Waals surface area contributed by atoms with Gasteiger partial charge in [-0.05, 0) is 18.9 Å². The van der Waals surface area contributed by atoms with Crippen LogP contribution in [-0.4, -0.2) is 36.6 Å². The molecule has 0 aliphatic carbocycles. The molecule has 0 aromatic carbocycles. The molecule has 0 spiro atoms. The van der Waals surface area contributed by atoms with E-state index < -0.39 is 12.2 Å². The Balaban J connectivity index is 2.65. The summed E-state index contributed by atoms with van der Waals surface area (Å²) >= 11 is 5.67. The van der Waals surface area contributed by atoms with E-state index in [0.29, 0.717) is 5.88 Å². The maximum atomic E-state index is 11.2. The van der Waals surface area contributed by atoms with E-state index in [1.165, 1.54) is 13.8 Å². The zero-order chi connectivity index (χ0) is 15.0. The summed E-state index contributed by atoms with van der Waals surface area (Å²) in [5.74, 6) is -0.0916. The minimum Gasteiger partial charge on any atom is -0.491 e. The maximum Gasteiger partial charge on any atom is 0.303 e. The van der Waals surface area contributed by atoms with Crippen molar-refractivity contribution in [3.63, 3.8) is 0 Å². The van der Waals surface area contributed by atoms with Crippen LogP contribution in [0.15, 0.2) is 12.3 Å². The molecule has 0 N–H and O–H groups in total. The third-order valence-corrected chi connectivity index (χ3v) is 3.31. The van der Waals surface area contributed by atoms with Gasteiger partial charge in [-0.25, -0.2) is 0 Å². The van der Waals surface area contributed by atoms with E-state index in [0.717, 1.165) is 19.3 Å². The molecule has 0 saturated heterocycles. The fraction of sp³-hybridized carbons (Fsp3) is 0.714. The number of hydrogen-bond acceptors (Lipinski definition) is 5. The first kappa shape index (κ1) is 16.8. The molecule has 0 saturated carbocycles. The molecular weight excluding hydrogens is 284 g/mol. The average Bonchev–Trinajstić information content (AvgIpc) is 2.38. The number of esters is 2. The van der Waals surface area contributed by atoms with Gasteiger partial charge in [0, 0.05) is 25.6 Å². The van der Waals surface area contributed by atoms with Crippen LogP contribution in [0.3, 0.4) is 0 Å². The molecule has 1 aliphatic rings. The van der Waals surface area contributed by atoms with Crippen LogP contribution >= 0.6 is 11.6 Å². The first-order valence-corrected chi connectivity index (χ1v) is 7.26. The molecule has 0 aromatic rings. The van der Waals surface area contributed by atoms with Crippen molar-refractivity contribution in [3.05, 3.63) is 12.3 Å². The highest BCUT2D eigenvalue weighted by Gasteiger charge is 2.35. The highest BCUT2D eigenvalue weighted by Crippen LogP contribution is 2.26. The van der Waals surface area contributed by atoms with Crippen LogP contribution in [0.25, 0.3) is 0 Å². The predicted molar refractivity (Wildman–Crippen MR) is 74.3 cm³/mol.